The molecule has 0 radical (unpaired) electrons. The van der Waals surface area contributed by atoms with E-state index in [2.05, 4.69) is 10.2 Å². The summed E-state index contributed by atoms with van der Waals surface area (Å²) in [4.78, 5) is 0. The van der Waals surface area contributed by atoms with Gasteiger partial charge in [0.25, 0.3) is 0 Å². The van der Waals surface area contributed by atoms with E-state index in [0.29, 0.717) is 5.56 Å². The lowest BCUT2D eigenvalue weighted by Crippen LogP contribution is -1.82. The van der Waals surface area contributed by atoms with E-state index in [1.165, 1.54) is 18.2 Å². The number of hydrogen-bond donors (Lipinski definition) is 1. The van der Waals surface area contributed by atoms with Crippen molar-refractivity contribution in [3.05, 3.63) is 42.1 Å². The van der Waals surface area contributed by atoms with Gasteiger partial charge in [0.05, 0.1) is 6.20 Å². The normalized spacial score (nSPS) is 10.3. The molecule has 0 amide bonds. The molecule has 4 heteroatoms. The molecule has 2 nitrogen and oxygen atoms in total. The van der Waals surface area contributed by atoms with Crippen molar-refractivity contribution in [1.82, 2.24) is 10.2 Å². The fraction of sp³-hybridized carbons (Fsp3) is 0. The summed E-state index contributed by atoms with van der Waals surface area (Å²) in [6.45, 7) is 0. The third-order valence-electron chi connectivity index (χ3n) is 1.71. The highest BCUT2D eigenvalue weighted by Crippen LogP contribution is 2.19. The molecule has 0 aliphatic rings. The van der Waals surface area contributed by atoms with Gasteiger partial charge < -0.3 is 0 Å². The lowest BCUT2D eigenvalue weighted by Gasteiger charge is -1.96. The SMILES string of the molecule is Fc1cccc(-c2[nH]ncc2F)c1. The Morgan fingerprint density at radius 1 is 1.23 bits per heavy atom. The predicted molar refractivity (Wildman–Crippen MR) is 43.9 cm³/mol. The monoisotopic (exact) mass is 180 g/mol. The van der Waals surface area contributed by atoms with Gasteiger partial charge in [0.2, 0.25) is 0 Å². The van der Waals surface area contributed by atoms with Crippen molar-refractivity contribution in [2.75, 3.05) is 0 Å². The summed E-state index contributed by atoms with van der Waals surface area (Å²) in [5.74, 6) is -0.878. The van der Waals surface area contributed by atoms with Gasteiger partial charge in [-0.25, -0.2) is 8.78 Å². The number of nitrogens with one attached hydrogen (secondary N) is 1. The van der Waals surface area contributed by atoms with E-state index < -0.39 is 11.6 Å². The van der Waals surface area contributed by atoms with E-state index in [4.69, 9.17) is 0 Å². The van der Waals surface area contributed by atoms with Crippen LogP contribution in [0.25, 0.3) is 11.3 Å². The number of halogens is 2. The van der Waals surface area contributed by atoms with Gasteiger partial charge >= 0.3 is 0 Å². The highest BCUT2D eigenvalue weighted by atomic mass is 19.1. The molecule has 1 aromatic carbocycles. The number of hydrogen-bond acceptors (Lipinski definition) is 1. The molecule has 1 aromatic heterocycles. The summed E-state index contributed by atoms with van der Waals surface area (Å²) in [7, 11) is 0. The molecule has 0 atom stereocenters. The van der Waals surface area contributed by atoms with E-state index in [9.17, 15) is 8.78 Å². The average molecular weight is 180 g/mol. The van der Waals surface area contributed by atoms with Crippen LogP contribution in [-0.4, -0.2) is 10.2 Å². The van der Waals surface area contributed by atoms with Gasteiger partial charge in [0.15, 0.2) is 5.82 Å². The summed E-state index contributed by atoms with van der Waals surface area (Å²) in [6.07, 6.45) is 1.06. The lowest BCUT2D eigenvalue weighted by molar-refractivity contribution is 0.625. The minimum absolute atomic E-state index is 0.208. The van der Waals surface area contributed by atoms with E-state index >= 15 is 0 Å². The first-order chi connectivity index (χ1) is 6.27. The van der Waals surface area contributed by atoms with Crippen LogP contribution >= 0.6 is 0 Å². The predicted octanol–water partition coefficient (Wildman–Crippen LogP) is 2.35. The molecular formula is C9H6F2N2. The van der Waals surface area contributed by atoms with Gasteiger partial charge in [-0.2, -0.15) is 5.10 Å². The quantitative estimate of drug-likeness (QED) is 0.716. The van der Waals surface area contributed by atoms with Crippen molar-refractivity contribution in [2.24, 2.45) is 0 Å². The van der Waals surface area contributed by atoms with Crippen molar-refractivity contribution in [1.29, 1.82) is 0 Å². The Bertz CT molecular complexity index is 423. The summed E-state index contributed by atoms with van der Waals surface area (Å²) in [5.41, 5.74) is 0.662. The molecule has 2 rings (SSSR count). The topological polar surface area (TPSA) is 28.7 Å². The fourth-order valence-corrected chi connectivity index (χ4v) is 1.12. The van der Waals surface area contributed by atoms with Crippen molar-refractivity contribution < 1.29 is 8.78 Å². The van der Waals surface area contributed by atoms with Gasteiger partial charge in [-0.3, -0.25) is 5.10 Å². The van der Waals surface area contributed by atoms with Gasteiger partial charge in [-0.1, -0.05) is 12.1 Å². The molecule has 2 aromatic rings. The second kappa shape index (κ2) is 2.97. The Morgan fingerprint density at radius 3 is 2.69 bits per heavy atom. The summed E-state index contributed by atoms with van der Waals surface area (Å²) < 4.78 is 25.7. The maximum Gasteiger partial charge on any atom is 0.168 e. The van der Waals surface area contributed by atoms with Crippen molar-refractivity contribution >= 4 is 0 Å². The second-order valence-electron chi connectivity index (χ2n) is 2.60. The summed E-state index contributed by atoms with van der Waals surface area (Å²) in [5, 5.41) is 5.96. The minimum Gasteiger partial charge on any atom is -0.275 e. The highest BCUT2D eigenvalue weighted by molar-refractivity contribution is 5.58. The van der Waals surface area contributed by atoms with Crippen LogP contribution in [0.1, 0.15) is 0 Å². The van der Waals surface area contributed by atoms with E-state index in [1.807, 2.05) is 0 Å². The van der Waals surface area contributed by atoms with Crippen LogP contribution in [0.4, 0.5) is 8.78 Å². The molecule has 66 valence electrons. The summed E-state index contributed by atoms with van der Waals surface area (Å²) in [6, 6.07) is 5.68. The molecule has 0 saturated carbocycles. The van der Waals surface area contributed by atoms with E-state index in [-0.39, 0.29) is 5.69 Å². The Labute approximate surface area is 73.2 Å². The van der Waals surface area contributed by atoms with Crippen molar-refractivity contribution in [3.8, 4) is 11.3 Å². The molecule has 0 unspecified atom stereocenters. The first kappa shape index (κ1) is 7.91. The average Bonchev–Trinajstić information content (AvgIpc) is 2.51. The van der Waals surface area contributed by atoms with Crippen LogP contribution in [0.15, 0.2) is 30.5 Å². The fourth-order valence-electron chi connectivity index (χ4n) is 1.12. The third-order valence-corrected chi connectivity index (χ3v) is 1.71. The van der Waals surface area contributed by atoms with Crippen LogP contribution in [0.5, 0.6) is 0 Å². The lowest BCUT2D eigenvalue weighted by atomic mass is 10.1. The smallest absolute Gasteiger partial charge is 0.168 e. The van der Waals surface area contributed by atoms with Crippen LogP contribution in [-0.2, 0) is 0 Å². The Hall–Kier alpha value is -1.71. The Morgan fingerprint density at radius 2 is 2.08 bits per heavy atom. The van der Waals surface area contributed by atoms with E-state index in [1.54, 1.807) is 6.07 Å². The second-order valence-corrected chi connectivity index (χ2v) is 2.60. The van der Waals surface area contributed by atoms with E-state index in [0.717, 1.165) is 6.20 Å². The first-order valence-electron chi connectivity index (χ1n) is 3.72. The number of aromatic amines is 1. The molecule has 1 N–H and O–H groups in total. The van der Waals surface area contributed by atoms with Crippen LogP contribution < -0.4 is 0 Å². The molecule has 0 aliphatic carbocycles. The van der Waals surface area contributed by atoms with Crippen LogP contribution in [0, 0.1) is 11.6 Å². The zero-order valence-electron chi connectivity index (χ0n) is 6.59. The molecule has 0 aliphatic heterocycles. The largest absolute Gasteiger partial charge is 0.275 e. The van der Waals surface area contributed by atoms with Gasteiger partial charge in [0.1, 0.15) is 11.5 Å². The zero-order chi connectivity index (χ0) is 9.26. The molecule has 0 fully saturated rings. The molecule has 0 bridgehead atoms. The zero-order valence-corrected chi connectivity index (χ0v) is 6.59. The number of H-pyrrole nitrogens is 1. The van der Waals surface area contributed by atoms with Crippen molar-refractivity contribution in [2.45, 2.75) is 0 Å². The minimum atomic E-state index is -0.481. The summed E-state index contributed by atoms with van der Waals surface area (Å²) >= 11 is 0. The third kappa shape index (κ3) is 1.42. The number of aromatic nitrogens is 2. The molecular weight excluding hydrogens is 174 g/mol. The first-order valence-corrected chi connectivity index (χ1v) is 3.72. The molecule has 1 heterocycles. The standard InChI is InChI=1S/C9H6F2N2/c10-7-3-1-2-6(4-7)9-8(11)5-12-13-9/h1-5H,(H,12,13). The molecule has 0 spiro atoms. The molecule has 0 saturated heterocycles. The Balaban J connectivity index is 2.53. The number of benzene rings is 1. The maximum atomic E-state index is 13.0. The number of nitrogens with zero attached hydrogens (tertiary/aromatic N) is 1. The maximum absolute atomic E-state index is 13.0. The van der Waals surface area contributed by atoms with Crippen LogP contribution in [0.3, 0.4) is 0 Å². The number of rotatable bonds is 1. The Kier molecular flexibility index (Phi) is 1.81. The van der Waals surface area contributed by atoms with Crippen molar-refractivity contribution in [3.63, 3.8) is 0 Å². The van der Waals surface area contributed by atoms with Crippen LogP contribution in [0.2, 0.25) is 0 Å². The van der Waals surface area contributed by atoms with Gasteiger partial charge in [-0.15, -0.1) is 0 Å². The van der Waals surface area contributed by atoms with Gasteiger partial charge in [-0.05, 0) is 12.1 Å². The van der Waals surface area contributed by atoms with Gasteiger partial charge in [0, 0.05) is 5.56 Å². The highest BCUT2D eigenvalue weighted by Gasteiger charge is 2.06. The molecule has 13 heavy (non-hydrogen) atoms.